The first-order valence-electron chi connectivity index (χ1n) is 20.2. The average Bonchev–Trinajstić information content (AvgIpc) is 3.58. The van der Waals surface area contributed by atoms with Crippen molar-refractivity contribution in [2.75, 3.05) is 30.7 Å². The van der Waals surface area contributed by atoms with Crippen molar-refractivity contribution in [3.63, 3.8) is 0 Å². The number of nitrogens with one attached hydrogen (secondary N) is 3. The van der Waals surface area contributed by atoms with Crippen LogP contribution in [0.2, 0.25) is 0 Å². The molecule has 12 heteroatoms. The summed E-state index contributed by atoms with van der Waals surface area (Å²) in [7, 11) is 0. The molecule has 3 atom stereocenters. The number of unbranched alkanes of at least 4 members (excludes halogenated alkanes) is 3. The molecule has 0 spiro atoms. The number of para-hydroxylation sites is 4. The molecule has 12 nitrogen and oxygen atoms in total. The zero-order valence-electron chi connectivity index (χ0n) is 32.4. The fourth-order valence-corrected chi connectivity index (χ4v) is 7.95. The van der Waals surface area contributed by atoms with E-state index in [1.807, 2.05) is 89.5 Å². The number of aromatic nitrogens is 2. The van der Waals surface area contributed by atoms with Crippen LogP contribution in [0.15, 0.2) is 102 Å². The molecule has 0 saturated carbocycles. The molecule has 300 valence electrons. The molecule has 2 aliphatic rings. The third-order valence-electron chi connectivity index (χ3n) is 11.2. The quantitative estimate of drug-likeness (QED) is 0.0535. The van der Waals surface area contributed by atoms with Crippen molar-refractivity contribution in [3.8, 4) is 0 Å². The number of nitrogens with zero attached hydrogens (tertiary/aromatic N) is 2. The number of nitrogen functional groups attached to an aromatic ring is 1. The summed E-state index contributed by atoms with van der Waals surface area (Å²) in [5.74, 6) is -0.0495. The van der Waals surface area contributed by atoms with Crippen LogP contribution in [0.3, 0.4) is 0 Å². The van der Waals surface area contributed by atoms with E-state index in [-0.39, 0.29) is 42.4 Å². The summed E-state index contributed by atoms with van der Waals surface area (Å²) in [6, 6.07) is 31.2. The number of fused-ring (bicyclic) bond motifs is 1. The lowest BCUT2D eigenvalue weighted by molar-refractivity contribution is -0.253. The number of aromatic amines is 1. The maximum Gasteiger partial charge on any atom is 0.326 e. The number of benzene rings is 4. The Bertz CT molecular complexity index is 2140. The van der Waals surface area contributed by atoms with E-state index in [9.17, 15) is 19.5 Å². The molecule has 3 heterocycles. The SMILES string of the molecule is Nc1ccccc1NC(=O)CCCCCCC(=O)NCc1ccc([C@@H]2O[C@H](CN3CCC(n4c(=O)[nH]c5ccccc54)CC3)C[C@H](c3ccc(CO)cc3)O2)cc1. The van der Waals surface area contributed by atoms with E-state index in [1.165, 1.54) is 0 Å². The third-order valence-corrected chi connectivity index (χ3v) is 11.2. The van der Waals surface area contributed by atoms with Gasteiger partial charge in [0, 0.05) is 57.0 Å². The van der Waals surface area contributed by atoms with Gasteiger partial charge in [-0.15, -0.1) is 0 Å². The first-order chi connectivity index (χ1) is 27.8. The van der Waals surface area contributed by atoms with E-state index >= 15 is 0 Å². The highest BCUT2D eigenvalue weighted by atomic mass is 16.7. The van der Waals surface area contributed by atoms with Gasteiger partial charge in [0.05, 0.1) is 41.2 Å². The number of ether oxygens (including phenoxy) is 2. The Balaban J connectivity index is 0.881. The molecule has 4 aromatic carbocycles. The number of nitrogens with two attached hydrogens (primary N) is 1. The number of rotatable bonds is 16. The van der Waals surface area contributed by atoms with Crippen molar-refractivity contribution in [3.05, 3.63) is 130 Å². The highest BCUT2D eigenvalue weighted by Crippen LogP contribution is 2.39. The Labute approximate surface area is 333 Å². The molecule has 7 rings (SSSR count). The predicted octanol–water partition coefficient (Wildman–Crippen LogP) is 6.88. The molecule has 2 fully saturated rings. The first kappa shape index (κ1) is 39.9. The summed E-state index contributed by atoms with van der Waals surface area (Å²) in [6.07, 6.45) is 5.75. The van der Waals surface area contributed by atoms with Gasteiger partial charge in [-0.25, -0.2) is 4.79 Å². The monoisotopic (exact) mass is 774 g/mol. The van der Waals surface area contributed by atoms with Gasteiger partial charge in [-0.2, -0.15) is 0 Å². The van der Waals surface area contributed by atoms with Gasteiger partial charge in [0.1, 0.15) is 0 Å². The Hall–Kier alpha value is -5.27. The van der Waals surface area contributed by atoms with Crippen molar-refractivity contribution in [1.82, 2.24) is 19.8 Å². The Morgan fingerprint density at radius 2 is 1.46 bits per heavy atom. The van der Waals surface area contributed by atoms with Gasteiger partial charge in [0.25, 0.3) is 0 Å². The molecule has 0 bridgehead atoms. The zero-order chi connectivity index (χ0) is 39.6. The van der Waals surface area contributed by atoms with E-state index < -0.39 is 6.29 Å². The lowest BCUT2D eigenvalue weighted by Gasteiger charge is -2.40. The second-order valence-electron chi connectivity index (χ2n) is 15.3. The minimum Gasteiger partial charge on any atom is -0.397 e. The molecular weight excluding hydrogens is 721 g/mol. The number of anilines is 2. The van der Waals surface area contributed by atoms with Gasteiger partial charge < -0.3 is 40.8 Å². The normalized spacial score (nSPS) is 19.1. The van der Waals surface area contributed by atoms with Crippen LogP contribution in [0.5, 0.6) is 0 Å². The van der Waals surface area contributed by atoms with Gasteiger partial charge in [0.2, 0.25) is 11.8 Å². The van der Waals surface area contributed by atoms with Crippen molar-refractivity contribution in [2.45, 2.75) is 95.5 Å². The second-order valence-corrected chi connectivity index (χ2v) is 15.3. The molecule has 2 amide bonds. The zero-order valence-corrected chi connectivity index (χ0v) is 32.4. The number of carbonyl (C=O) groups is 2. The van der Waals surface area contributed by atoms with E-state index in [1.54, 1.807) is 12.1 Å². The number of hydrogen-bond acceptors (Lipinski definition) is 8. The Kier molecular flexibility index (Phi) is 13.5. The molecule has 2 saturated heterocycles. The molecule has 0 radical (unpaired) electrons. The number of piperidine rings is 1. The van der Waals surface area contributed by atoms with Crippen LogP contribution in [0, 0.1) is 0 Å². The topological polar surface area (TPSA) is 164 Å². The summed E-state index contributed by atoms with van der Waals surface area (Å²) in [4.78, 5) is 43.1. The number of aliphatic hydroxyl groups excluding tert-OH is 1. The number of likely N-dealkylation sites (tertiary alicyclic amines) is 1. The summed E-state index contributed by atoms with van der Waals surface area (Å²) in [5.41, 5.74) is 12.6. The molecule has 1 aromatic heterocycles. The van der Waals surface area contributed by atoms with E-state index in [2.05, 4.69) is 20.5 Å². The summed E-state index contributed by atoms with van der Waals surface area (Å²) in [6.45, 7) is 2.90. The minimum absolute atomic E-state index is 0.00534. The first-order valence-corrected chi connectivity index (χ1v) is 20.2. The fraction of sp³-hybridized carbons (Fsp3) is 0.400. The van der Waals surface area contributed by atoms with Gasteiger partial charge >= 0.3 is 5.69 Å². The fourth-order valence-electron chi connectivity index (χ4n) is 7.95. The van der Waals surface area contributed by atoms with Gasteiger partial charge in [-0.3, -0.25) is 14.2 Å². The second kappa shape index (κ2) is 19.3. The molecule has 6 N–H and O–H groups in total. The van der Waals surface area contributed by atoms with Crippen LogP contribution in [-0.4, -0.2) is 57.1 Å². The van der Waals surface area contributed by atoms with Gasteiger partial charge in [-0.1, -0.05) is 85.6 Å². The molecule has 5 aromatic rings. The van der Waals surface area contributed by atoms with Crippen LogP contribution in [-0.2, 0) is 32.2 Å². The predicted molar refractivity (Wildman–Crippen MR) is 221 cm³/mol. The number of H-pyrrole nitrogens is 1. The van der Waals surface area contributed by atoms with Crippen molar-refractivity contribution < 1.29 is 24.2 Å². The summed E-state index contributed by atoms with van der Waals surface area (Å²) in [5, 5.41) is 15.5. The van der Waals surface area contributed by atoms with Crippen molar-refractivity contribution in [2.24, 2.45) is 0 Å². The summed E-state index contributed by atoms with van der Waals surface area (Å²) >= 11 is 0. The van der Waals surface area contributed by atoms with Gasteiger partial charge in [0.15, 0.2) is 6.29 Å². The van der Waals surface area contributed by atoms with Crippen LogP contribution in [0.1, 0.15) is 98.5 Å². The van der Waals surface area contributed by atoms with Crippen LogP contribution >= 0.6 is 0 Å². The molecular formula is C45H54N6O6. The van der Waals surface area contributed by atoms with Gasteiger partial charge in [-0.05, 0) is 66.6 Å². The number of hydrogen-bond donors (Lipinski definition) is 5. The molecule has 2 aliphatic heterocycles. The lowest BCUT2D eigenvalue weighted by Crippen LogP contribution is -2.43. The highest BCUT2D eigenvalue weighted by Gasteiger charge is 2.34. The molecule has 57 heavy (non-hydrogen) atoms. The number of aliphatic hydroxyl groups is 1. The van der Waals surface area contributed by atoms with Crippen molar-refractivity contribution >= 4 is 34.2 Å². The van der Waals surface area contributed by atoms with Crippen LogP contribution in [0.25, 0.3) is 11.0 Å². The summed E-state index contributed by atoms with van der Waals surface area (Å²) < 4.78 is 15.1. The Morgan fingerprint density at radius 1 is 0.789 bits per heavy atom. The van der Waals surface area contributed by atoms with Crippen molar-refractivity contribution in [1.29, 1.82) is 0 Å². The number of imidazole rings is 1. The maximum atomic E-state index is 12.8. The number of carbonyl (C=O) groups excluding carboxylic acids is 2. The number of amides is 2. The van der Waals surface area contributed by atoms with Crippen LogP contribution < -0.4 is 22.1 Å². The van der Waals surface area contributed by atoms with Crippen LogP contribution in [0.4, 0.5) is 11.4 Å². The van der Waals surface area contributed by atoms with E-state index in [0.29, 0.717) is 37.2 Å². The third kappa shape index (κ3) is 10.6. The van der Waals surface area contributed by atoms with E-state index in [0.717, 1.165) is 91.4 Å². The molecule has 0 unspecified atom stereocenters. The largest absolute Gasteiger partial charge is 0.397 e. The average molecular weight is 775 g/mol. The molecule has 0 aliphatic carbocycles. The smallest absolute Gasteiger partial charge is 0.326 e. The van der Waals surface area contributed by atoms with E-state index in [4.69, 9.17) is 15.2 Å². The standard InChI is InChI=1S/C45H54N6O6/c46-37-9-5-6-10-38(37)48-43(54)14-4-2-1-3-13-42(53)47-28-31-15-21-34(22-16-31)44-56-36(27-41(57-44)33-19-17-32(30-52)18-20-33)29-50-25-23-35(24-26-50)51-40-12-8-7-11-39(40)49-45(51)55/h5-12,15-22,35-36,41,44,52H,1-4,13-14,23-30,46H2,(H,47,53)(H,48,54)(H,49,55)/t36-,41+,44+/m0/s1. The Morgan fingerprint density at radius 3 is 2.19 bits per heavy atom. The minimum atomic E-state index is -0.570. The maximum absolute atomic E-state index is 12.8. The lowest BCUT2D eigenvalue weighted by atomic mass is 9.98. The highest BCUT2D eigenvalue weighted by molar-refractivity contribution is 5.93.